The highest BCUT2D eigenvalue weighted by molar-refractivity contribution is 5.95. The molecule has 160 valence electrons. The van der Waals surface area contributed by atoms with E-state index >= 15 is 0 Å². The quantitative estimate of drug-likeness (QED) is 0.683. The molecule has 3 N–H and O–H groups in total. The number of nitrogens with one attached hydrogen (secondary N) is 3. The third-order valence-corrected chi connectivity index (χ3v) is 4.83. The van der Waals surface area contributed by atoms with Gasteiger partial charge in [0, 0.05) is 12.2 Å². The molecule has 30 heavy (non-hydrogen) atoms. The Morgan fingerprint density at radius 3 is 2.23 bits per heavy atom. The van der Waals surface area contributed by atoms with Crippen LogP contribution in [-0.4, -0.2) is 18.5 Å². The first kappa shape index (κ1) is 21.7. The van der Waals surface area contributed by atoms with Crippen LogP contribution >= 0.6 is 0 Å². The Morgan fingerprint density at radius 2 is 1.53 bits per heavy atom. The summed E-state index contributed by atoms with van der Waals surface area (Å²) in [6, 6.07) is 12.1. The van der Waals surface area contributed by atoms with Crippen LogP contribution in [0.15, 0.2) is 36.4 Å². The topological polar surface area (TPSA) is 79.5 Å². The molecular weight excluding hydrogens is 378 g/mol. The molecule has 2 heterocycles. The number of hydrogen-bond donors (Lipinski definition) is 3. The Balaban J connectivity index is 0.000000171. The van der Waals surface area contributed by atoms with Crippen LogP contribution in [-0.2, 0) is 24.2 Å². The molecule has 0 saturated heterocycles. The predicted octanol–water partition coefficient (Wildman–Crippen LogP) is 4.74. The average molecular weight is 410 g/mol. The summed E-state index contributed by atoms with van der Waals surface area (Å²) in [5.41, 5.74) is 5.42. The van der Waals surface area contributed by atoms with E-state index in [1.54, 1.807) is 0 Å². The van der Waals surface area contributed by atoms with E-state index in [2.05, 4.69) is 61.8 Å². The number of urea groups is 1. The maximum absolute atomic E-state index is 11.1. The lowest BCUT2D eigenvalue weighted by Gasteiger charge is -2.19. The average Bonchev–Trinajstić information content (AvgIpc) is 2.67. The highest BCUT2D eigenvalue weighted by atomic mass is 16.5. The maximum atomic E-state index is 11.1. The van der Waals surface area contributed by atoms with Gasteiger partial charge in [-0.05, 0) is 59.6 Å². The number of carbonyl (C=O) groups excluding carboxylic acids is 2. The van der Waals surface area contributed by atoms with Crippen LogP contribution in [0.4, 0.5) is 16.2 Å². The van der Waals surface area contributed by atoms with Crippen molar-refractivity contribution in [3.8, 4) is 5.75 Å². The van der Waals surface area contributed by atoms with Crippen molar-refractivity contribution in [3.05, 3.63) is 53.1 Å². The Labute approximate surface area is 178 Å². The summed E-state index contributed by atoms with van der Waals surface area (Å²) >= 11 is 0. The molecule has 2 aromatic rings. The van der Waals surface area contributed by atoms with E-state index in [1.165, 1.54) is 11.1 Å². The normalized spacial score (nSPS) is 14.5. The highest BCUT2D eigenvalue weighted by Crippen LogP contribution is 2.29. The standard InChI is InChI=1S/C12H16N2O.C12H15NO2/c1-8(2)5-9-3-4-10-7-13-12(15)14-11(10)6-9;1-8(2)5-9-3-4-10-11(6-9)15-7-12(14)13-10/h3-4,6,8H,5,7H2,1-2H3,(H2,13,14,15);3-4,6,8H,5,7H2,1-2H3,(H,13,14). The van der Waals surface area contributed by atoms with E-state index in [9.17, 15) is 9.59 Å². The van der Waals surface area contributed by atoms with Crippen LogP contribution in [0, 0.1) is 11.8 Å². The zero-order chi connectivity index (χ0) is 21.7. The van der Waals surface area contributed by atoms with Gasteiger partial charge in [-0.15, -0.1) is 0 Å². The van der Waals surface area contributed by atoms with Gasteiger partial charge in [0.05, 0.1) is 5.69 Å². The van der Waals surface area contributed by atoms with Crippen LogP contribution in [0.1, 0.15) is 44.4 Å². The molecule has 2 aliphatic heterocycles. The van der Waals surface area contributed by atoms with Crippen molar-refractivity contribution in [3.63, 3.8) is 0 Å². The Hall–Kier alpha value is -3.02. The maximum Gasteiger partial charge on any atom is 0.319 e. The van der Waals surface area contributed by atoms with E-state index in [0.717, 1.165) is 35.5 Å². The minimum absolute atomic E-state index is 0.0842. The van der Waals surface area contributed by atoms with Crippen LogP contribution in [0.25, 0.3) is 0 Å². The van der Waals surface area contributed by atoms with Crippen molar-refractivity contribution in [2.45, 2.75) is 47.1 Å². The van der Waals surface area contributed by atoms with E-state index in [4.69, 9.17) is 4.74 Å². The smallest absolute Gasteiger partial charge is 0.319 e. The second-order valence-corrected chi connectivity index (χ2v) is 8.66. The molecule has 3 amide bonds. The summed E-state index contributed by atoms with van der Waals surface area (Å²) in [5, 5.41) is 8.35. The lowest BCUT2D eigenvalue weighted by molar-refractivity contribution is -0.118. The summed E-state index contributed by atoms with van der Waals surface area (Å²) in [6.07, 6.45) is 2.08. The molecule has 0 unspecified atom stereocenters. The molecule has 2 aromatic carbocycles. The monoisotopic (exact) mass is 409 g/mol. The molecule has 0 fully saturated rings. The number of anilines is 2. The number of carbonyl (C=O) groups is 2. The zero-order valence-electron chi connectivity index (χ0n) is 18.2. The van der Waals surface area contributed by atoms with Crippen molar-refractivity contribution in [1.82, 2.24) is 5.32 Å². The number of hydrogen-bond acceptors (Lipinski definition) is 3. The van der Waals surface area contributed by atoms with Gasteiger partial charge in [-0.3, -0.25) is 4.79 Å². The summed E-state index contributed by atoms with van der Waals surface area (Å²) in [5.74, 6) is 1.97. The molecule has 0 atom stereocenters. The van der Waals surface area contributed by atoms with Gasteiger partial charge in [-0.2, -0.15) is 0 Å². The van der Waals surface area contributed by atoms with Gasteiger partial charge in [0.25, 0.3) is 5.91 Å². The number of rotatable bonds is 4. The predicted molar refractivity (Wildman–Crippen MR) is 120 cm³/mol. The minimum atomic E-state index is -0.107. The van der Waals surface area contributed by atoms with Crippen LogP contribution in [0.5, 0.6) is 5.75 Å². The number of amides is 3. The fourth-order valence-corrected chi connectivity index (χ4v) is 3.55. The molecule has 0 spiro atoms. The van der Waals surface area contributed by atoms with E-state index in [-0.39, 0.29) is 18.5 Å². The fourth-order valence-electron chi connectivity index (χ4n) is 3.55. The van der Waals surface area contributed by atoms with Gasteiger partial charge in [-0.25, -0.2) is 4.79 Å². The largest absolute Gasteiger partial charge is 0.482 e. The lowest BCUT2D eigenvalue weighted by atomic mass is 10.00. The van der Waals surface area contributed by atoms with Gasteiger partial charge < -0.3 is 20.7 Å². The van der Waals surface area contributed by atoms with E-state index < -0.39 is 0 Å². The zero-order valence-corrected chi connectivity index (χ0v) is 18.2. The van der Waals surface area contributed by atoms with Crippen molar-refractivity contribution in [1.29, 1.82) is 0 Å². The Kier molecular flexibility index (Phi) is 6.98. The SMILES string of the molecule is CC(C)Cc1ccc2c(c1)NC(=O)NC2.CC(C)Cc1ccc2c(c1)OCC(=O)N2. The number of benzene rings is 2. The number of ether oxygens (including phenoxy) is 1. The molecule has 2 aliphatic rings. The first-order valence-corrected chi connectivity index (χ1v) is 10.5. The molecule has 6 heteroatoms. The first-order chi connectivity index (χ1) is 14.3. The third kappa shape index (κ3) is 5.99. The Bertz CT molecular complexity index is 922. The fraction of sp³-hybridized carbons (Fsp3) is 0.417. The molecular formula is C24H31N3O3. The van der Waals surface area contributed by atoms with Gasteiger partial charge in [-0.1, -0.05) is 45.9 Å². The summed E-state index contributed by atoms with van der Waals surface area (Å²) < 4.78 is 5.35. The molecule has 0 aliphatic carbocycles. The van der Waals surface area contributed by atoms with Crippen molar-refractivity contribution in [2.75, 3.05) is 17.2 Å². The molecule has 0 saturated carbocycles. The van der Waals surface area contributed by atoms with Gasteiger partial charge in [0.15, 0.2) is 6.61 Å². The van der Waals surface area contributed by atoms with Crippen molar-refractivity contribution in [2.24, 2.45) is 11.8 Å². The summed E-state index contributed by atoms with van der Waals surface area (Å²) in [7, 11) is 0. The van der Waals surface area contributed by atoms with Gasteiger partial charge in [0.2, 0.25) is 0 Å². The lowest BCUT2D eigenvalue weighted by Crippen LogP contribution is -2.33. The third-order valence-electron chi connectivity index (χ3n) is 4.83. The second kappa shape index (κ2) is 9.65. The summed E-state index contributed by atoms with van der Waals surface area (Å²) in [6.45, 7) is 9.50. The van der Waals surface area contributed by atoms with E-state index in [1.807, 2.05) is 18.2 Å². The Morgan fingerprint density at radius 1 is 0.867 bits per heavy atom. The van der Waals surface area contributed by atoms with Crippen molar-refractivity contribution >= 4 is 23.3 Å². The van der Waals surface area contributed by atoms with E-state index in [0.29, 0.717) is 18.4 Å². The van der Waals surface area contributed by atoms with Crippen LogP contribution in [0.2, 0.25) is 0 Å². The molecule has 0 radical (unpaired) electrons. The second-order valence-electron chi connectivity index (χ2n) is 8.66. The molecule has 0 bridgehead atoms. The number of fused-ring (bicyclic) bond motifs is 2. The van der Waals surface area contributed by atoms with Gasteiger partial charge in [0.1, 0.15) is 5.75 Å². The summed E-state index contributed by atoms with van der Waals surface area (Å²) in [4.78, 5) is 22.2. The van der Waals surface area contributed by atoms with Gasteiger partial charge >= 0.3 is 6.03 Å². The molecule has 4 rings (SSSR count). The molecule has 0 aromatic heterocycles. The first-order valence-electron chi connectivity index (χ1n) is 10.5. The van der Waals surface area contributed by atoms with Crippen molar-refractivity contribution < 1.29 is 14.3 Å². The molecule has 6 nitrogen and oxygen atoms in total. The highest BCUT2D eigenvalue weighted by Gasteiger charge is 2.16. The minimum Gasteiger partial charge on any atom is -0.482 e. The van der Waals surface area contributed by atoms with Crippen LogP contribution in [0.3, 0.4) is 0 Å². The van der Waals surface area contributed by atoms with Crippen LogP contribution < -0.4 is 20.7 Å².